The van der Waals surface area contributed by atoms with Crippen LogP contribution in [0.15, 0.2) is 0 Å². The largest absolute Gasteiger partial charge is 0.379 e. The second-order valence-electron chi connectivity index (χ2n) is 2.88. The minimum absolute atomic E-state index is 0.674. The average molecular weight is 316 g/mol. The Hall–Kier alpha value is 0.610. The molecule has 4 heteroatoms. The summed E-state index contributed by atoms with van der Waals surface area (Å²) in [6, 6.07) is 0. The topological polar surface area (TPSA) is 27.7 Å². The summed E-state index contributed by atoms with van der Waals surface area (Å²) in [5.41, 5.74) is 0. The molecule has 0 fully saturated rings. The number of hydrogen-bond acceptors (Lipinski definition) is 3. The van der Waals surface area contributed by atoms with Crippen molar-refractivity contribution in [1.29, 1.82) is 0 Å². The van der Waals surface area contributed by atoms with Crippen molar-refractivity contribution in [2.75, 3.05) is 44.1 Å². The summed E-state index contributed by atoms with van der Waals surface area (Å²) >= 11 is 2.29. The molecular formula is C10H21IO3. The third-order valence-electron chi connectivity index (χ3n) is 1.61. The van der Waals surface area contributed by atoms with Crippen LogP contribution in [0, 0.1) is 0 Å². The van der Waals surface area contributed by atoms with Crippen molar-refractivity contribution in [3.8, 4) is 0 Å². The molecule has 0 aromatic heterocycles. The second-order valence-corrected chi connectivity index (χ2v) is 3.96. The highest BCUT2D eigenvalue weighted by Gasteiger charge is 1.90. The Labute approximate surface area is 101 Å². The fourth-order valence-electron chi connectivity index (χ4n) is 0.843. The van der Waals surface area contributed by atoms with Crippen LogP contribution in [0.2, 0.25) is 0 Å². The lowest BCUT2D eigenvalue weighted by Gasteiger charge is -2.05. The first-order chi connectivity index (χ1) is 6.91. The van der Waals surface area contributed by atoms with Gasteiger partial charge in [-0.05, 0) is 6.42 Å². The smallest absolute Gasteiger partial charge is 0.0701 e. The van der Waals surface area contributed by atoms with Gasteiger partial charge in [-0.3, -0.25) is 0 Å². The summed E-state index contributed by atoms with van der Waals surface area (Å²) in [7, 11) is 0. The van der Waals surface area contributed by atoms with Gasteiger partial charge in [0.15, 0.2) is 0 Å². The zero-order valence-corrected chi connectivity index (χ0v) is 11.1. The average Bonchev–Trinajstić information content (AvgIpc) is 2.21. The third-order valence-corrected chi connectivity index (χ3v) is 2.05. The van der Waals surface area contributed by atoms with Crippen LogP contribution in [0.1, 0.15) is 19.8 Å². The van der Waals surface area contributed by atoms with Crippen molar-refractivity contribution < 1.29 is 14.2 Å². The summed E-state index contributed by atoms with van der Waals surface area (Å²) in [4.78, 5) is 0. The number of halogens is 1. The first-order valence-corrected chi connectivity index (χ1v) is 6.73. The van der Waals surface area contributed by atoms with Gasteiger partial charge in [0.05, 0.1) is 33.0 Å². The third kappa shape index (κ3) is 12.6. The Morgan fingerprint density at radius 3 is 1.79 bits per heavy atom. The molecule has 0 bridgehead atoms. The summed E-state index contributed by atoms with van der Waals surface area (Å²) in [6.45, 7) is 6.57. The molecular weight excluding hydrogens is 295 g/mol. The highest BCUT2D eigenvalue weighted by molar-refractivity contribution is 14.1. The quantitative estimate of drug-likeness (QED) is 0.332. The van der Waals surface area contributed by atoms with Gasteiger partial charge in [0, 0.05) is 11.0 Å². The lowest BCUT2D eigenvalue weighted by Crippen LogP contribution is -2.10. The van der Waals surface area contributed by atoms with E-state index < -0.39 is 0 Å². The normalized spacial score (nSPS) is 10.7. The van der Waals surface area contributed by atoms with Crippen LogP contribution in [-0.4, -0.2) is 44.1 Å². The standard InChI is InChI=1S/C10H21IO3/c1-2-3-5-12-7-9-14-10-8-13-6-4-11/h2-10H2,1H3. The van der Waals surface area contributed by atoms with E-state index in [0.717, 1.165) is 24.1 Å². The van der Waals surface area contributed by atoms with Crippen molar-refractivity contribution in [1.82, 2.24) is 0 Å². The molecule has 86 valence electrons. The van der Waals surface area contributed by atoms with Crippen molar-refractivity contribution >= 4 is 22.6 Å². The Morgan fingerprint density at radius 2 is 1.29 bits per heavy atom. The van der Waals surface area contributed by atoms with Crippen LogP contribution in [-0.2, 0) is 14.2 Å². The van der Waals surface area contributed by atoms with Crippen molar-refractivity contribution in [2.45, 2.75) is 19.8 Å². The number of rotatable bonds is 11. The number of ether oxygens (including phenoxy) is 3. The molecule has 0 heterocycles. The molecule has 3 nitrogen and oxygen atoms in total. The van der Waals surface area contributed by atoms with E-state index in [1.165, 1.54) is 6.42 Å². The molecule has 14 heavy (non-hydrogen) atoms. The molecule has 0 aliphatic heterocycles. The van der Waals surface area contributed by atoms with Gasteiger partial charge >= 0.3 is 0 Å². The number of alkyl halides is 1. The molecule has 0 aliphatic rings. The van der Waals surface area contributed by atoms with E-state index in [0.29, 0.717) is 26.4 Å². The molecule has 0 rings (SSSR count). The van der Waals surface area contributed by atoms with Gasteiger partial charge in [-0.1, -0.05) is 35.9 Å². The van der Waals surface area contributed by atoms with Crippen molar-refractivity contribution in [3.63, 3.8) is 0 Å². The number of hydrogen-bond donors (Lipinski definition) is 0. The van der Waals surface area contributed by atoms with E-state index >= 15 is 0 Å². The minimum atomic E-state index is 0.674. The summed E-state index contributed by atoms with van der Waals surface area (Å²) in [5.74, 6) is 0. The SMILES string of the molecule is CCCCOCCOCCOCCI. The van der Waals surface area contributed by atoms with Crippen LogP contribution in [0.4, 0.5) is 0 Å². The van der Waals surface area contributed by atoms with Gasteiger partial charge in [0.25, 0.3) is 0 Å². The fraction of sp³-hybridized carbons (Fsp3) is 1.00. The first-order valence-electron chi connectivity index (χ1n) is 5.21. The Morgan fingerprint density at radius 1 is 0.786 bits per heavy atom. The van der Waals surface area contributed by atoms with Gasteiger partial charge in [-0.25, -0.2) is 0 Å². The van der Waals surface area contributed by atoms with E-state index in [1.54, 1.807) is 0 Å². The molecule has 0 radical (unpaired) electrons. The zero-order chi connectivity index (χ0) is 10.5. The molecule has 0 amide bonds. The van der Waals surface area contributed by atoms with Crippen LogP contribution in [0.25, 0.3) is 0 Å². The summed E-state index contributed by atoms with van der Waals surface area (Å²) in [5, 5.41) is 0. The minimum Gasteiger partial charge on any atom is -0.379 e. The van der Waals surface area contributed by atoms with Gasteiger partial charge in [0.2, 0.25) is 0 Å². The fourth-order valence-corrected chi connectivity index (χ4v) is 1.15. The van der Waals surface area contributed by atoms with Gasteiger partial charge < -0.3 is 14.2 Å². The monoisotopic (exact) mass is 316 g/mol. The summed E-state index contributed by atoms with van der Waals surface area (Å²) < 4.78 is 16.9. The maximum Gasteiger partial charge on any atom is 0.0701 e. The van der Waals surface area contributed by atoms with Crippen LogP contribution in [0.5, 0.6) is 0 Å². The maximum atomic E-state index is 5.33. The van der Waals surface area contributed by atoms with E-state index in [4.69, 9.17) is 14.2 Å². The van der Waals surface area contributed by atoms with E-state index in [2.05, 4.69) is 29.5 Å². The maximum absolute atomic E-state index is 5.33. The Bertz CT molecular complexity index is 89.4. The second kappa shape index (κ2) is 13.6. The molecule has 0 unspecified atom stereocenters. The van der Waals surface area contributed by atoms with E-state index in [9.17, 15) is 0 Å². The highest BCUT2D eigenvalue weighted by atomic mass is 127. The molecule has 0 aliphatic carbocycles. The molecule has 0 spiro atoms. The first kappa shape index (κ1) is 14.6. The molecule has 0 N–H and O–H groups in total. The lowest BCUT2D eigenvalue weighted by atomic mass is 10.4. The molecule has 0 aromatic rings. The predicted molar refractivity (Wildman–Crippen MR) is 66.3 cm³/mol. The van der Waals surface area contributed by atoms with Crippen molar-refractivity contribution in [2.24, 2.45) is 0 Å². The van der Waals surface area contributed by atoms with Crippen LogP contribution >= 0.6 is 22.6 Å². The molecule has 0 aromatic carbocycles. The van der Waals surface area contributed by atoms with Gasteiger partial charge in [-0.2, -0.15) is 0 Å². The van der Waals surface area contributed by atoms with Crippen molar-refractivity contribution in [3.05, 3.63) is 0 Å². The van der Waals surface area contributed by atoms with Gasteiger partial charge in [-0.15, -0.1) is 0 Å². The predicted octanol–water partition coefficient (Wildman–Crippen LogP) is 2.27. The van der Waals surface area contributed by atoms with Crippen LogP contribution < -0.4 is 0 Å². The van der Waals surface area contributed by atoms with E-state index in [1.807, 2.05) is 0 Å². The Kier molecular flexibility index (Phi) is 14.2. The van der Waals surface area contributed by atoms with E-state index in [-0.39, 0.29) is 0 Å². The highest BCUT2D eigenvalue weighted by Crippen LogP contribution is 1.88. The Balaban J connectivity index is 2.78. The lowest BCUT2D eigenvalue weighted by molar-refractivity contribution is 0.0171. The van der Waals surface area contributed by atoms with Gasteiger partial charge in [0.1, 0.15) is 0 Å². The molecule has 0 atom stereocenters. The molecule has 0 saturated heterocycles. The summed E-state index contributed by atoms with van der Waals surface area (Å²) in [6.07, 6.45) is 2.32. The van der Waals surface area contributed by atoms with Crippen LogP contribution in [0.3, 0.4) is 0 Å². The number of unbranched alkanes of at least 4 members (excludes halogenated alkanes) is 1. The zero-order valence-electron chi connectivity index (χ0n) is 8.97. The molecule has 0 saturated carbocycles.